The van der Waals surface area contributed by atoms with Crippen molar-refractivity contribution in [3.05, 3.63) is 46.8 Å². The summed E-state index contributed by atoms with van der Waals surface area (Å²) in [6.07, 6.45) is -3.40. The molecule has 1 aromatic rings. The third kappa shape index (κ3) is 2.68. The van der Waals surface area contributed by atoms with Gasteiger partial charge in [-0.15, -0.1) is 0 Å². The van der Waals surface area contributed by atoms with Gasteiger partial charge in [0.05, 0.1) is 23.6 Å². The average Bonchev–Trinajstić information content (AvgIpc) is 3.24. The molecule has 1 aromatic carbocycles. The third-order valence-electron chi connectivity index (χ3n) is 4.02. The van der Waals surface area contributed by atoms with Gasteiger partial charge in [-0.1, -0.05) is 12.1 Å². The summed E-state index contributed by atoms with van der Waals surface area (Å²) in [5.41, 5.74) is 6.03. The number of halogens is 3. The van der Waals surface area contributed by atoms with E-state index in [1.54, 1.807) is 0 Å². The number of hydrogen-bond donors (Lipinski definition) is 2. The van der Waals surface area contributed by atoms with Crippen LogP contribution in [0.15, 0.2) is 35.7 Å². The summed E-state index contributed by atoms with van der Waals surface area (Å²) in [4.78, 5) is 11.7. The van der Waals surface area contributed by atoms with Crippen molar-refractivity contribution >= 4 is 5.78 Å². The van der Waals surface area contributed by atoms with Crippen LogP contribution < -0.4 is 11.1 Å². The molecule has 1 aliphatic heterocycles. The Kier molecular flexibility index (Phi) is 3.40. The Morgan fingerprint density at radius 3 is 2.45 bits per heavy atom. The van der Waals surface area contributed by atoms with E-state index in [4.69, 9.17) is 10.5 Å². The second kappa shape index (κ2) is 5.01. The standard InChI is InChI=1S/C15H15F3N2O2/c16-15(17,18)10-3-1-9(2-4-10)7-20-13-12(19)11(21)5-6-14(13)8-22-14/h1-4,20H,5-8,19H2. The number of Topliss-reactive ketones (excluding diaryl/α,β-unsaturated/α-hetero) is 1. The van der Waals surface area contributed by atoms with Gasteiger partial charge in [0.1, 0.15) is 5.60 Å². The predicted octanol–water partition coefficient (Wildman–Crippen LogP) is 2.10. The number of alkyl halides is 3. The van der Waals surface area contributed by atoms with Crippen LogP contribution in [0.3, 0.4) is 0 Å². The molecule has 1 aliphatic carbocycles. The predicted molar refractivity (Wildman–Crippen MR) is 72.4 cm³/mol. The molecule has 1 saturated heterocycles. The lowest BCUT2D eigenvalue weighted by atomic mass is 9.89. The van der Waals surface area contributed by atoms with Crippen molar-refractivity contribution < 1.29 is 22.7 Å². The number of nitrogens with two attached hydrogens (primary N) is 1. The number of nitrogens with one attached hydrogen (secondary N) is 1. The van der Waals surface area contributed by atoms with Crippen LogP contribution in [0.2, 0.25) is 0 Å². The molecular weight excluding hydrogens is 297 g/mol. The van der Waals surface area contributed by atoms with Crippen LogP contribution in [0, 0.1) is 0 Å². The first kappa shape index (κ1) is 14.9. The molecule has 3 rings (SSSR count). The Morgan fingerprint density at radius 2 is 1.91 bits per heavy atom. The Bertz CT molecular complexity index is 631. The Balaban J connectivity index is 1.72. The first-order valence-corrected chi connectivity index (χ1v) is 6.89. The highest BCUT2D eigenvalue weighted by molar-refractivity contribution is 5.96. The second-order valence-corrected chi connectivity index (χ2v) is 5.54. The topological polar surface area (TPSA) is 67.6 Å². The van der Waals surface area contributed by atoms with Gasteiger partial charge in [-0.05, 0) is 24.1 Å². The third-order valence-corrected chi connectivity index (χ3v) is 4.02. The van der Waals surface area contributed by atoms with Crippen molar-refractivity contribution in [1.82, 2.24) is 5.32 Å². The number of benzene rings is 1. The van der Waals surface area contributed by atoms with Gasteiger partial charge in [0.2, 0.25) is 0 Å². The maximum atomic E-state index is 12.5. The van der Waals surface area contributed by atoms with Gasteiger partial charge in [0.15, 0.2) is 5.78 Å². The van der Waals surface area contributed by atoms with Crippen LogP contribution >= 0.6 is 0 Å². The van der Waals surface area contributed by atoms with Gasteiger partial charge in [0, 0.05) is 13.0 Å². The molecule has 7 heteroatoms. The number of allylic oxidation sites excluding steroid dienone is 1. The highest BCUT2D eigenvalue weighted by Crippen LogP contribution is 2.42. The van der Waals surface area contributed by atoms with Crippen LogP contribution in [-0.2, 0) is 22.3 Å². The minimum atomic E-state index is -4.35. The molecule has 0 radical (unpaired) electrons. The van der Waals surface area contributed by atoms with E-state index in [1.165, 1.54) is 12.1 Å². The normalized spacial score (nSPS) is 24.8. The molecule has 1 spiro atoms. The molecule has 0 aromatic heterocycles. The Morgan fingerprint density at radius 1 is 1.27 bits per heavy atom. The highest BCUT2D eigenvalue weighted by atomic mass is 19.4. The number of carbonyl (C=O) groups excluding carboxylic acids is 1. The molecule has 4 nitrogen and oxygen atoms in total. The molecule has 22 heavy (non-hydrogen) atoms. The summed E-state index contributed by atoms with van der Waals surface area (Å²) in [5.74, 6) is -0.129. The van der Waals surface area contributed by atoms with Crippen molar-refractivity contribution in [3.8, 4) is 0 Å². The fraction of sp³-hybridized carbons (Fsp3) is 0.400. The van der Waals surface area contributed by atoms with Gasteiger partial charge in [-0.25, -0.2) is 0 Å². The van der Waals surface area contributed by atoms with E-state index < -0.39 is 17.3 Å². The van der Waals surface area contributed by atoms with Crippen LogP contribution in [0.1, 0.15) is 24.0 Å². The van der Waals surface area contributed by atoms with Crippen molar-refractivity contribution in [2.75, 3.05) is 6.61 Å². The van der Waals surface area contributed by atoms with E-state index in [2.05, 4.69) is 5.32 Å². The quantitative estimate of drug-likeness (QED) is 0.839. The van der Waals surface area contributed by atoms with Crippen molar-refractivity contribution in [2.45, 2.75) is 31.2 Å². The van der Waals surface area contributed by atoms with Crippen LogP contribution in [0.25, 0.3) is 0 Å². The zero-order valence-corrected chi connectivity index (χ0v) is 11.7. The number of carbonyl (C=O) groups is 1. The second-order valence-electron chi connectivity index (χ2n) is 5.54. The smallest absolute Gasteiger partial charge is 0.394 e. The lowest BCUT2D eigenvalue weighted by molar-refractivity contribution is -0.137. The maximum Gasteiger partial charge on any atom is 0.416 e. The molecule has 3 N–H and O–H groups in total. The van der Waals surface area contributed by atoms with Crippen molar-refractivity contribution in [3.63, 3.8) is 0 Å². The Labute approximate surface area is 125 Å². The van der Waals surface area contributed by atoms with Crippen LogP contribution in [0.5, 0.6) is 0 Å². The zero-order chi connectivity index (χ0) is 16.0. The van der Waals surface area contributed by atoms with E-state index in [9.17, 15) is 18.0 Å². The molecule has 1 unspecified atom stereocenters. The lowest BCUT2D eigenvalue weighted by Gasteiger charge is -2.24. The van der Waals surface area contributed by atoms with Crippen molar-refractivity contribution in [2.24, 2.45) is 5.73 Å². The summed E-state index contributed by atoms with van der Waals surface area (Å²) in [7, 11) is 0. The molecule has 2 aliphatic rings. The molecule has 1 fully saturated rings. The average molecular weight is 312 g/mol. The number of hydrogen-bond acceptors (Lipinski definition) is 4. The van der Waals surface area contributed by atoms with E-state index >= 15 is 0 Å². The molecule has 0 amide bonds. The summed E-state index contributed by atoms with van der Waals surface area (Å²) < 4.78 is 42.9. The van der Waals surface area contributed by atoms with E-state index in [-0.39, 0.29) is 18.0 Å². The molecule has 118 valence electrons. The molecule has 0 bridgehead atoms. The fourth-order valence-corrected chi connectivity index (χ4v) is 2.59. The maximum absolute atomic E-state index is 12.5. The minimum absolute atomic E-state index is 0.129. The zero-order valence-electron chi connectivity index (χ0n) is 11.7. The van der Waals surface area contributed by atoms with E-state index in [0.717, 1.165) is 12.1 Å². The molecule has 1 atom stereocenters. The molecule has 1 heterocycles. The van der Waals surface area contributed by atoms with Gasteiger partial charge in [0.25, 0.3) is 0 Å². The van der Waals surface area contributed by atoms with Crippen LogP contribution in [-0.4, -0.2) is 18.0 Å². The monoisotopic (exact) mass is 312 g/mol. The SMILES string of the molecule is NC1=C(NCc2ccc(C(F)(F)F)cc2)C2(CCC1=O)CO2. The lowest BCUT2D eigenvalue weighted by Crippen LogP contribution is -2.37. The van der Waals surface area contributed by atoms with Crippen LogP contribution in [0.4, 0.5) is 13.2 Å². The first-order chi connectivity index (χ1) is 10.3. The molecular formula is C15H15F3N2O2. The molecule has 0 saturated carbocycles. The van der Waals surface area contributed by atoms with Gasteiger partial charge >= 0.3 is 6.18 Å². The number of ether oxygens (including phenoxy) is 1. The number of epoxide rings is 1. The van der Waals surface area contributed by atoms with Gasteiger partial charge in [-0.3, -0.25) is 4.79 Å². The van der Waals surface area contributed by atoms with Gasteiger partial charge in [-0.2, -0.15) is 13.2 Å². The minimum Gasteiger partial charge on any atom is -0.394 e. The largest absolute Gasteiger partial charge is 0.416 e. The Hall–Kier alpha value is -2.02. The highest BCUT2D eigenvalue weighted by Gasteiger charge is 2.52. The first-order valence-electron chi connectivity index (χ1n) is 6.89. The number of ketones is 1. The van der Waals surface area contributed by atoms with E-state index in [0.29, 0.717) is 30.7 Å². The number of rotatable bonds is 3. The summed E-state index contributed by atoms with van der Waals surface area (Å²) >= 11 is 0. The summed E-state index contributed by atoms with van der Waals surface area (Å²) in [6.45, 7) is 0.795. The summed E-state index contributed by atoms with van der Waals surface area (Å²) in [6, 6.07) is 4.86. The fourth-order valence-electron chi connectivity index (χ4n) is 2.59. The summed E-state index contributed by atoms with van der Waals surface area (Å²) in [5, 5.41) is 3.06. The van der Waals surface area contributed by atoms with Gasteiger partial charge < -0.3 is 15.8 Å². The van der Waals surface area contributed by atoms with Crippen molar-refractivity contribution in [1.29, 1.82) is 0 Å². The van der Waals surface area contributed by atoms with E-state index in [1.807, 2.05) is 0 Å².